The average molecular weight is 374 g/mol. The van der Waals surface area contributed by atoms with Crippen LogP contribution in [0.3, 0.4) is 0 Å². The topological polar surface area (TPSA) is 62.3 Å². The second-order valence-corrected chi connectivity index (χ2v) is 13.0. The minimum absolute atomic E-state index is 0.146. The van der Waals surface area contributed by atoms with Crippen LogP contribution in [0.4, 0.5) is 0 Å². The SMILES string of the molecule is CCCCOS(=O)(=O)OP(CCCC)(N(C)C)(N(C)C)N(C)C. The Labute approximate surface area is 143 Å². The molecule has 7 nitrogen and oxygen atoms in total. The van der Waals surface area contributed by atoms with Crippen LogP contribution in [0.25, 0.3) is 0 Å². The zero-order valence-corrected chi connectivity index (χ0v) is 17.8. The molecule has 0 rings (SSSR count). The standard InChI is InChI=1S/C14H36N3O4PS/c1-9-11-13-20-23(18,19)21-22(15(3)4,16(5)6,17(7)8)14-12-10-2/h9-14H2,1-8H3. The van der Waals surface area contributed by atoms with Gasteiger partial charge >= 0.3 is 143 Å². The third kappa shape index (κ3) is 4.84. The molecule has 0 aliphatic heterocycles. The molecule has 0 aliphatic carbocycles. The molecular weight excluding hydrogens is 337 g/mol. The first-order valence-electron chi connectivity index (χ1n) is 8.15. The fourth-order valence-electron chi connectivity index (χ4n) is 2.86. The van der Waals surface area contributed by atoms with Gasteiger partial charge in [-0.15, -0.1) is 0 Å². The first-order valence-corrected chi connectivity index (χ1v) is 11.7. The van der Waals surface area contributed by atoms with Crippen molar-refractivity contribution >= 4 is 17.7 Å². The van der Waals surface area contributed by atoms with Gasteiger partial charge in [-0.25, -0.2) is 0 Å². The van der Waals surface area contributed by atoms with Crippen molar-refractivity contribution in [3.63, 3.8) is 0 Å². The Morgan fingerprint density at radius 3 is 1.61 bits per heavy atom. The zero-order valence-electron chi connectivity index (χ0n) is 16.1. The zero-order chi connectivity index (χ0) is 18.3. The molecule has 0 aromatic rings. The number of hydrogen-bond acceptors (Lipinski definition) is 7. The summed E-state index contributed by atoms with van der Waals surface area (Å²) in [6, 6.07) is 0. The number of hydrogen-bond donors (Lipinski definition) is 0. The molecule has 0 radical (unpaired) electrons. The number of unbranched alkanes of at least 4 members (excludes halogenated alkanes) is 2. The summed E-state index contributed by atoms with van der Waals surface area (Å²) in [4.78, 5) is 0. The van der Waals surface area contributed by atoms with Crippen LogP contribution in [-0.4, -0.2) is 77.5 Å². The van der Waals surface area contributed by atoms with Gasteiger partial charge in [-0.05, 0) is 0 Å². The molecule has 0 atom stereocenters. The Morgan fingerprint density at radius 2 is 1.26 bits per heavy atom. The van der Waals surface area contributed by atoms with Gasteiger partial charge in [0.25, 0.3) is 0 Å². The van der Waals surface area contributed by atoms with Crippen molar-refractivity contribution in [2.75, 3.05) is 55.1 Å². The first kappa shape index (κ1) is 23.2. The van der Waals surface area contributed by atoms with E-state index in [1.165, 1.54) is 0 Å². The van der Waals surface area contributed by atoms with E-state index in [9.17, 15) is 8.42 Å². The van der Waals surface area contributed by atoms with Gasteiger partial charge in [-0.2, -0.15) is 0 Å². The molecule has 142 valence electrons. The maximum atomic E-state index is 12.5. The Morgan fingerprint density at radius 1 is 0.826 bits per heavy atom. The normalized spacial score (nSPS) is 15.3. The third-order valence-corrected chi connectivity index (χ3v) is 12.6. The Kier molecular flexibility index (Phi) is 9.11. The molecule has 0 aromatic heterocycles. The van der Waals surface area contributed by atoms with Crippen LogP contribution in [-0.2, 0) is 18.6 Å². The van der Waals surface area contributed by atoms with E-state index >= 15 is 0 Å². The molecule has 0 unspecified atom stereocenters. The summed E-state index contributed by atoms with van der Waals surface area (Å²) >= 11 is 0. The number of rotatable bonds is 12. The molecule has 0 aromatic carbocycles. The van der Waals surface area contributed by atoms with Crippen LogP contribution in [0, 0.1) is 0 Å². The molecule has 0 bridgehead atoms. The summed E-state index contributed by atoms with van der Waals surface area (Å²) in [5, 5.41) is 0. The molecule has 23 heavy (non-hydrogen) atoms. The van der Waals surface area contributed by atoms with Crippen molar-refractivity contribution in [3.05, 3.63) is 0 Å². The summed E-state index contributed by atoms with van der Waals surface area (Å²) < 4.78 is 41.8. The Balaban J connectivity index is 5.92. The predicted octanol–water partition coefficient (Wildman–Crippen LogP) is 2.76. The van der Waals surface area contributed by atoms with Gasteiger partial charge in [0, 0.05) is 0 Å². The van der Waals surface area contributed by atoms with E-state index in [0.717, 1.165) is 19.3 Å². The summed E-state index contributed by atoms with van der Waals surface area (Å²) in [5.41, 5.74) is 0. The quantitative estimate of drug-likeness (QED) is 0.385. The summed E-state index contributed by atoms with van der Waals surface area (Å²) in [5.74, 6) is 0. The average Bonchev–Trinajstić information content (AvgIpc) is 2.42. The monoisotopic (exact) mass is 373 g/mol. The van der Waals surface area contributed by atoms with Crippen molar-refractivity contribution in [1.29, 1.82) is 0 Å². The van der Waals surface area contributed by atoms with Gasteiger partial charge in [0.15, 0.2) is 0 Å². The van der Waals surface area contributed by atoms with E-state index in [1.54, 1.807) is 0 Å². The van der Waals surface area contributed by atoms with Crippen molar-refractivity contribution in [3.8, 4) is 0 Å². The van der Waals surface area contributed by atoms with E-state index in [2.05, 4.69) is 6.92 Å². The second-order valence-electron chi connectivity index (χ2n) is 6.34. The molecule has 0 N–H and O–H groups in total. The van der Waals surface area contributed by atoms with Gasteiger partial charge in [0.1, 0.15) is 0 Å². The van der Waals surface area contributed by atoms with E-state index in [-0.39, 0.29) is 6.61 Å². The fraction of sp³-hybridized carbons (Fsp3) is 1.00. The molecule has 9 heteroatoms. The molecule has 0 amide bonds. The molecule has 0 fully saturated rings. The minimum atomic E-state index is -4.10. The molecule has 0 spiro atoms. The van der Waals surface area contributed by atoms with Crippen molar-refractivity contribution in [2.24, 2.45) is 0 Å². The van der Waals surface area contributed by atoms with Crippen LogP contribution >= 0.6 is 7.28 Å². The molecule has 0 saturated heterocycles. The van der Waals surface area contributed by atoms with Crippen LogP contribution < -0.4 is 0 Å². The molecule has 0 aliphatic rings. The van der Waals surface area contributed by atoms with Crippen LogP contribution in [0.15, 0.2) is 0 Å². The van der Waals surface area contributed by atoms with Crippen LogP contribution in [0.2, 0.25) is 0 Å². The number of nitrogens with zero attached hydrogens (tertiary/aromatic N) is 3. The van der Waals surface area contributed by atoms with Gasteiger partial charge < -0.3 is 0 Å². The van der Waals surface area contributed by atoms with Crippen LogP contribution in [0.5, 0.6) is 0 Å². The van der Waals surface area contributed by atoms with Crippen LogP contribution in [0.1, 0.15) is 39.5 Å². The van der Waals surface area contributed by atoms with E-state index in [0.29, 0.717) is 12.6 Å². The molecule has 0 heterocycles. The van der Waals surface area contributed by atoms with E-state index in [4.69, 9.17) is 8.15 Å². The van der Waals surface area contributed by atoms with E-state index < -0.39 is 17.7 Å². The molecule has 0 saturated carbocycles. The van der Waals surface area contributed by atoms with Gasteiger partial charge in [0.05, 0.1) is 0 Å². The summed E-state index contributed by atoms with van der Waals surface area (Å²) in [6.07, 6.45) is 3.97. The van der Waals surface area contributed by atoms with Crippen molar-refractivity contribution in [2.45, 2.75) is 39.5 Å². The predicted molar refractivity (Wildman–Crippen MR) is 98.6 cm³/mol. The second kappa shape index (κ2) is 9.04. The Bertz CT molecular complexity index is 430. The first-order chi connectivity index (χ1) is 10.5. The molecular formula is C14H36N3O4PS. The van der Waals surface area contributed by atoms with Gasteiger partial charge in [-0.3, -0.25) is 0 Å². The fourth-order valence-corrected chi connectivity index (χ4v) is 11.0. The van der Waals surface area contributed by atoms with E-state index in [1.807, 2.05) is 63.2 Å². The third-order valence-electron chi connectivity index (χ3n) is 4.28. The van der Waals surface area contributed by atoms with Crippen molar-refractivity contribution < 1.29 is 16.6 Å². The summed E-state index contributed by atoms with van der Waals surface area (Å²) in [7, 11) is 3.61. The van der Waals surface area contributed by atoms with Crippen molar-refractivity contribution in [1.82, 2.24) is 14.0 Å². The maximum absolute atomic E-state index is 12.5. The van der Waals surface area contributed by atoms with Gasteiger partial charge in [-0.1, -0.05) is 0 Å². The Hall–Kier alpha value is 0.180. The van der Waals surface area contributed by atoms with Gasteiger partial charge in [0.2, 0.25) is 0 Å². The summed E-state index contributed by atoms with van der Waals surface area (Å²) in [6.45, 7) is 4.21.